The van der Waals surface area contributed by atoms with Crippen molar-refractivity contribution in [1.82, 2.24) is 24.9 Å². The van der Waals surface area contributed by atoms with Crippen molar-refractivity contribution in [2.45, 2.75) is 89.3 Å². The largest absolute Gasteiger partial charge is 0.384 e. The lowest BCUT2D eigenvalue weighted by molar-refractivity contribution is -0.136. The maximum absolute atomic E-state index is 13.5. The molecule has 4 N–H and O–H groups in total. The number of carbonyl (C=O) groups is 5. The van der Waals surface area contributed by atoms with Crippen LogP contribution in [0.3, 0.4) is 0 Å². The molecule has 0 spiro atoms. The summed E-state index contributed by atoms with van der Waals surface area (Å²) in [4.78, 5) is 66.3. The third kappa shape index (κ3) is 7.76. The minimum atomic E-state index is -1.01. The minimum absolute atomic E-state index is 0.0736. The Morgan fingerprint density at radius 1 is 0.964 bits per heavy atom. The van der Waals surface area contributed by atoms with E-state index in [1.807, 2.05) is 18.3 Å². The molecule has 0 bridgehead atoms. The molecule has 13 nitrogen and oxygen atoms in total. The van der Waals surface area contributed by atoms with Crippen LogP contribution in [0.2, 0.25) is 0 Å². The van der Waals surface area contributed by atoms with Crippen LogP contribution < -0.4 is 16.4 Å². The SMILES string of the molecule is CC(C)(CCNc1cccc2c1C(=O)N(C1CCC(=O)NC1=O)C2=O)OCCC(C)(C)N1CCC[C@@H](c2ccc(-n3cc4cccc(C(N)=O)c4n3)cc2)C1. The molecule has 3 aromatic carbocycles. The number of aromatic nitrogens is 2. The van der Waals surface area contributed by atoms with Gasteiger partial charge in [-0.05, 0) is 108 Å². The summed E-state index contributed by atoms with van der Waals surface area (Å²) in [6.45, 7) is 11.7. The molecule has 1 unspecified atom stereocenters. The van der Waals surface area contributed by atoms with E-state index in [2.05, 4.69) is 72.6 Å². The summed E-state index contributed by atoms with van der Waals surface area (Å²) in [5.41, 5.74) is 9.30. The number of imide groups is 2. The fraction of sp³-hybridized carbons (Fsp3) is 0.429. The van der Waals surface area contributed by atoms with E-state index in [0.29, 0.717) is 42.3 Å². The van der Waals surface area contributed by atoms with Crippen molar-refractivity contribution in [3.05, 3.63) is 89.1 Å². The number of fused-ring (bicyclic) bond motifs is 2. The van der Waals surface area contributed by atoms with E-state index in [4.69, 9.17) is 10.5 Å². The van der Waals surface area contributed by atoms with E-state index in [1.165, 1.54) is 5.56 Å². The van der Waals surface area contributed by atoms with Gasteiger partial charge in [-0.2, -0.15) is 5.10 Å². The zero-order valence-electron chi connectivity index (χ0n) is 31.9. The van der Waals surface area contributed by atoms with Crippen molar-refractivity contribution >= 4 is 46.1 Å². The molecule has 0 saturated carbocycles. The molecule has 2 saturated heterocycles. The molecule has 4 aromatic rings. The van der Waals surface area contributed by atoms with Crippen LogP contribution in [0.5, 0.6) is 0 Å². The summed E-state index contributed by atoms with van der Waals surface area (Å²) in [5.74, 6) is -2.17. The van der Waals surface area contributed by atoms with Gasteiger partial charge in [0.1, 0.15) is 11.6 Å². The maximum Gasteiger partial charge on any atom is 0.264 e. The number of primary amides is 1. The third-order valence-electron chi connectivity index (χ3n) is 11.4. The second kappa shape index (κ2) is 15.0. The highest BCUT2D eigenvalue weighted by atomic mass is 16.5. The van der Waals surface area contributed by atoms with Gasteiger partial charge in [0, 0.05) is 48.9 Å². The Kier molecular flexibility index (Phi) is 10.4. The summed E-state index contributed by atoms with van der Waals surface area (Å²) >= 11 is 0. The first-order valence-electron chi connectivity index (χ1n) is 19.1. The van der Waals surface area contributed by atoms with E-state index < -0.39 is 41.2 Å². The summed E-state index contributed by atoms with van der Waals surface area (Å²) in [6.07, 6.45) is 5.84. The lowest BCUT2D eigenvalue weighted by atomic mass is 9.86. The summed E-state index contributed by atoms with van der Waals surface area (Å²) in [6, 6.07) is 18.0. The summed E-state index contributed by atoms with van der Waals surface area (Å²) in [5, 5.41) is 11.1. The van der Waals surface area contributed by atoms with Gasteiger partial charge in [0.25, 0.3) is 17.7 Å². The van der Waals surface area contributed by atoms with Crippen molar-refractivity contribution in [3.8, 4) is 5.69 Å². The van der Waals surface area contributed by atoms with E-state index in [9.17, 15) is 24.0 Å². The van der Waals surface area contributed by atoms with Gasteiger partial charge in [-0.25, -0.2) is 4.68 Å². The number of carbonyl (C=O) groups excluding carboxylic acids is 5. The van der Waals surface area contributed by atoms with Crippen LogP contribution in [0, 0.1) is 0 Å². The Hall–Kier alpha value is -5.40. The monoisotopic (exact) mass is 747 g/mol. The number of hydrogen-bond donors (Lipinski definition) is 3. The number of anilines is 1. The molecular weight excluding hydrogens is 699 g/mol. The fourth-order valence-electron chi connectivity index (χ4n) is 8.04. The van der Waals surface area contributed by atoms with Crippen molar-refractivity contribution in [2.24, 2.45) is 5.73 Å². The average Bonchev–Trinajstić information content (AvgIpc) is 3.70. The van der Waals surface area contributed by atoms with Crippen molar-refractivity contribution < 1.29 is 28.7 Å². The first-order valence-corrected chi connectivity index (χ1v) is 19.1. The van der Waals surface area contributed by atoms with Crippen LogP contribution in [0.25, 0.3) is 16.6 Å². The quantitative estimate of drug-likeness (QED) is 0.156. The number of nitrogens with one attached hydrogen (secondary N) is 2. The van der Waals surface area contributed by atoms with E-state index >= 15 is 0 Å². The number of amides is 5. The number of piperidine rings is 2. The molecule has 1 aromatic heterocycles. The van der Waals surface area contributed by atoms with Crippen LogP contribution in [-0.2, 0) is 14.3 Å². The van der Waals surface area contributed by atoms with Crippen LogP contribution in [0.4, 0.5) is 5.69 Å². The summed E-state index contributed by atoms with van der Waals surface area (Å²) < 4.78 is 8.24. The molecule has 3 aliphatic heterocycles. The highest BCUT2D eigenvalue weighted by molar-refractivity contribution is 6.25. The van der Waals surface area contributed by atoms with Gasteiger partial charge in [0.05, 0.1) is 28.0 Å². The Bertz CT molecular complexity index is 2160. The first-order chi connectivity index (χ1) is 26.2. The number of hydrogen-bond acceptors (Lipinski definition) is 9. The molecule has 55 heavy (non-hydrogen) atoms. The van der Waals surface area contributed by atoms with E-state index in [1.54, 1.807) is 28.9 Å². The standard InChI is InChI=1S/C42H49N7O6/c1-41(2,47-22-7-9-27(24-47)26-13-15-29(16-14-26)48-25-28-8-5-11-31(37(43)51)36(28)46-48)20-23-55-42(3,4)19-21-44-32-12-6-10-30-35(32)40(54)49(39(30)53)33-17-18-34(50)45-38(33)52/h5-6,8,10-16,25,27,33,44H,7,9,17-24H2,1-4H3,(H2,43,51)(H,45,50,52)/t27-,33?/m1/s1. The molecule has 5 amide bonds. The van der Waals surface area contributed by atoms with Crippen molar-refractivity contribution in [3.63, 3.8) is 0 Å². The molecule has 13 heteroatoms. The first kappa shape index (κ1) is 37.9. The van der Waals surface area contributed by atoms with Gasteiger partial charge in [0.2, 0.25) is 11.8 Å². The Morgan fingerprint density at radius 3 is 2.47 bits per heavy atom. The topological polar surface area (TPSA) is 169 Å². The molecule has 3 aliphatic rings. The average molecular weight is 748 g/mol. The minimum Gasteiger partial charge on any atom is -0.384 e. The van der Waals surface area contributed by atoms with Crippen molar-refractivity contribution in [1.29, 1.82) is 0 Å². The van der Waals surface area contributed by atoms with Gasteiger partial charge in [-0.3, -0.25) is 39.1 Å². The highest BCUT2D eigenvalue weighted by Crippen LogP contribution is 2.35. The number of ether oxygens (including phenoxy) is 1. The van der Waals surface area contributed by atoms with E-state index in [0.717, 1.165) is 48.3 Å². The van der Waals surface area contributed by atoms with Gasteiger partial charge < -0.3 is 15.8 Å². The molecule has 2 atom stereocenters. The molecule has 7 rings (SSSR count). The van der Waals surface area contributed by atoms with Crippen LogP contribution >= 0.6 is 0 Å². The fourth-order valence-corrected chi connectivity index (χ4v) is 8.04. The predicted octanol–water partition coefficient (Wildman–Crippen LogP) is 5.17. The molecule has 0 aliphatic carbocycles. The van der Waals surface area contributed by atoms with E-state index in [-0.39, 0.29) is 29.5 Å². The highest BCUT2D eigenvalue weighted by Gasteiger charge is 2.45. The smallest absolute Gasteiger partial charge is 0.264 e. The zero-order valence-corrected chi connectivity index (χ0v) is 31.9. The maximum atomic E-state index is 13.5. The number of likely N-dealkylation sites (tertiary alicyclic amines) is 1. The lowest BCUT2D eigenvalue weighted by Gasteiger charge is -2.44. The van der Waals surface area contributed by atoms with Gasteiger partial charge >= 0.3 is 0 Å². The number of rotatable bonds is 13. The van der Waals surface area contributed by atoms with Gasteiger partial charge in [-0.1, -0.05) is 30.3 Å². The predicted molar refractivity (Wildman–Crippen MR) is 208 cm³/mol. The zero-order chi connectivity index (χ0) is 39.1. The number of nitrogens with zero attached hydrogens (tertiary/aromatic N) is 4. The molecule has 2 fully saturated rings. The third-order valence-corrected chi connectivity index (χ3v) is 11.4. The Morgan fingerprint density at radius 2 is 1.73 bits per heavy atom. The molecular formula is C42H49N7O6. The van der Waals surface area contributed by atoms with Crippen LogP contribution in [0.1, 0.15) is 109 Å². The van der Waals surface area contributed by atoms with Gasteiger partial charge in [-0.15, -0.1) is 0 Å². The second-order valence-corrected chi connectivity index (χ2v) is 16.1. The number of nitrogens with two attached hydrogens (primary N) is 1. The molecule has 288 valence electrons. The normalized spacial score (nSPS) is 19.5. The number of benzene rings is 3. The second-order valence-electron chi connectivity index (χ2n) is 16.1. The molecule has 0 radical (unpaired) electrons. The Labute approximate surface area is 320 Å². The van der Waals surface area contributed by atoms with Crippen molar-refractivity contribution in [2.75, 3.05) is 31.6 Å². The molecule has 4 heterocycles. The van der Waals surface area contributed by atoms with Crippen LogP contribution in [-0.4, -0.2) is 92.5 Å². The lowest BCUT2D eigenvalue weighted by Crippen LogP contribution is -2.54. The van der Waals surface area contributed by atoms with Gasteiger partial charge in [0.15, 0.2) is 0 Å². The summed E-state index contributed by atoms with van der Waals surface area (Å²) in [7, 11) is 0. The Balaban J connectivity index is 0.906. The van der Waals surface area contributed by atoms with Crippen LogP contribution in [0.15, 0.2) is 66.9 Å².